The number of hydrazone groups is 1. The van der Waals surface area contributed by atoms with E-state index >= 15 is 0 Å². The van der Waals surface area contributed by atoms with Crippen LogP contribution in [0.15, 0.2) is 50.6 Å². The van der Waals surface area contributed by atoms with Gasteiger partial charge in [0.15, 0.2) is 6.61 Å². The second kappa shape index (κ2) is 7.08. The highest BCUT2D eigenvalue weighted by Crippen LogP contribution is 2.25. The zero-order valence-corrected chi connectivity index (χ0v) is 13.3. The van der Waals surface area contributed by atoms with Gasteiger partial charge in [0.25, 0.3) is 5.91 Å². The van der Waals surface area contributed by atoms with Crippen LogP contribution < -0.4 is 10.2 Å². The third-order valence-electron chi connectivity index (χ3n) is 2.67. The Hall–Kier alpha value is -2.08. The standard InChI is InChI=1S/C15H15BrN2O3/c1-10-5-6-14(12(16)8-10)21-9-15(19)18-17-11(2)13-4-3-7-20-13/h3-8H,9H2,1-2H3,(H,18,19). The fourth-order valence-corrected chi connectivity index (χ4v) is 2.19. The average Bonchev–Trinajstić information content (AvgIpc) is 2.98. The first-order valence-corrected chi connectivity index (χ1v) is 7.11. The molecule has 1 amide bonds. The first-order valence-electron chi connectivity index (χ1n) is 6.32. The summed E-state index contributed by atoms with van der Waals surface area (Å²) in [5.41, 5.74) is 4.12. The van der Waals surface area contributed by atoms with Gasteiger partial charge in [-0.2, -0.15) is 5.10 Å². The van der Waals surface area contributed by atoms with E-state index in [-0.39, 0.29) is 12.5 Å². The molecule has 5 nitrogen and oxygen atoms in total. The van der Waals surface area contributed by atoms with Gasteiger partial charge in [0.1, 0.15) is 17.2 Å². The second-order valence-corrected chi connectivity index (χ2v) is 5.29. The number of benzene rings is 1. The van der Waals surface area contributed by atoms with E-state index in [2.05, 4.69) is 26.5 Å². The van der Waals surface area contributed by atoms with Crippen LogP contribution in [0.1, 0.15) is 18.2 Å². The monoisotopic (exact) mass is 350 g/mol. The fourth-order valence-electron chi connectivity index (χ4n) is 1.58. The molecule has 0 saturated carbocycles. The van der Waals surface area contributed by atoms with Crippen molar-refractivity contribution in [1.29, 1.82) is 0 Å². The summed E-state index contributed by atoms with van der Waals surface area (Å²) in [5, 5.41) is 3.95. The van der Waals surface area contributed by atoms with Crippen LogP contribution in [0, 0.1) is 6.92 Å². The third-order valence-corrected chi connectivity index (χ3v) is 3.29. The third kappa shape index (κ3) is 4.46. The number of hydrogen-bond donors (Lipinski definition) is 1. The highest BCUT2D eigenvalue weighted by Gasteiger charge is 2.06. The van der Waals surface area contributed by atoms with Gasteiger partial charge in [-0.1, -0.05) is 6.07 Å². The molecule has 21 heavy (non-hydrogen) atoms. The minimum atomic E-state index is -0.339. The summed E-state index contributed by atoms with van der Waals surface area (Å²) in [4.78, 5) is 11.7. The Balaban J connectivity index is 1.86. The van der Waals surface area contributed by atoms with Crippen molar-refractivity contribution < 1.29 is 13.9 Å². The summed E-state index contributed by atoms with van der Waals surface area (Å²) < 4.78 is 11.4. The maximum atomic E-state index is 11.7. The average molecular weight is 351 g/mol. The molecule has 0 aliphatic carbocycles. The Morgan fingerprint density at radius 1 is 1.43 bits per heavy atom. The van der Waals surface area contributed by atoms with Crippen LogP contribution in [0.25, 0.3) is 0 Å². The molecule has 6 heteroatoms. The Morgan fingerprint density at radius 3 is 2.90 bits per heavy atom. The predicted molar refractivity (Wildman–Crippen MR) is 83.4 cm³/mol. The Bertz CT molecular complexity index is 651. The van der Waals surface area contributed by atoms with Crippen molar-refractivity contribution in [2.75, 3.05) is 6.61 Å². The van der Waals surface area contributed by atoms with Crippen molar-refractivity contribution in [3.8, 4) is 5.75 Å². The molecule has 0 spiro atoms. The summed E-state index contributed by atoms with van der Waals surface area (Å²) in [5.74, 6) is 0.883. The largest absolute Gasteiger partial charge is 0.483 e. The Morgan fingerprint density at radius 2 is 2.24 bits per heavy atom. The summed E-state index contributed by atoms with van der Waals surface area (Å²) >= 11 is 3.39. The minimum absolute atomic E-state index is 0.114. The summed E-state index contributed by atoms with van der Waals surface area (Å²) in [6.45, 7) is 3.61. The van der Waals surface area contributed by atoms with Crippen LogP contribution in [0.2, 0.25) is 0 Å². The van der Waals surface area contributed by atoms with Gasteiger partial charge >= 0.3 is 0 Å². The lowest BCUT2D eigenvalue weighted by Crippen LogP contribution is -2.25. The van der Waals surface area contributed by atoms with E-state index in [9.17, 15) is 4.79 Å². The SMILES string of the molecule is CC(=NNC(=O)COc1ccc(C)cc1Br)c1ccco1. The number of aryl methyl sites for hydroxylation is 1. The summed E-state index contributed by atoms with van der Waals surface area (Å²) in [6, 6.07) is 9.17. The van der Waals surface area contributed by atoms with Crippen LogP contribution in [0.3, 0.4) is 0 Å². The number of ether oxygens (including phenoxy) is 1. The molecule has 0 radical (unpaired) electrons. The molecule has 0 aliphatic rings. The molecule has 0 unspecified atom stereocenters. The van der Waals surface area contributed by atoms with Crippen molar-refractivity contribution >= 4 is 27.5 Å². The van der Waals surface area contributed by atoms with E-state index in [1.165, 1.54) is 0 Å². The first-order chi connectivity index (χ1) is 10.1. The van der Waals surface area contributed by atoms with Gasteiger partial charge in [-0.3, -0.25) is 4.79 Å². The van der Waals surface area contributed by atoms with Crippen LogP contribution in [-0.4, -0.2) is 18.2 Å². The number of nitrogens with zero attached hydrogens (tertiary/aromatic N) is 1. The van der Waals surface area contributed by atoms with Gasteiger partial charge in [-0.15, -0.1) is 0 Å². The number of rotatable bonds is 5. The quantitative estimate of drug-likeness (QED) is 0.664. The van der Waals surface area contributed by atoms with E-state index in [4.69, 9.17) is 9.15 Å². The lowest BCUT2D eigenvalue weighted by atomic mass is 10.2. The topological polar surface area (TPSA) is 63.8 Å². The van der Waals surface area contributed by atoms with Crippen LogP contribution in [-0.2, 0) is 4.79 Å². The number of amides is 1. The fraction of sp³-hybridized carbons (Fsp3) is 0.200. The van der Waals surface area contributed by atoms with E-state index in [1.807, 2.05) is 25.1 Å². The van der Waals surface area contributed by atoms with Gasteiger partial charge in [0.2, 0.25) is 0 Å². The van der Waals surface area contributed by atoms with Gasteiger partial charge < -0.3 is 9.15 Å². The smallest absolute Gasteiger partial charge is 0.277 e. The van der Waals surface area contributed by atoms with Crippen LogP contribution in [0.4, 0.5) is 0 Å². The molecule has 1 N–H and O–H groups in total. The molecule has 1 aromatic heterocycles. The Kier molecular flexibility index (Phi) is 5.16. The lowest BCUT2D eigenvalue weighted by molar-refractivity contribution is -0.123. The van der Waals surface area contributed by atoms with Gasteiger partial charge in [-0.25, -0.2) is 5.43 Å². The number of carbonyl (C=O) groups is 1. The molecule has 0 saturated heterocycles. The van der Waals surface area contributed by atoms with Crippen molar-refractivity contribution in [2.45, 2.75) is 13.8 Å². The Labute approximate surface area is 131 Å². The number of halogens is 1. The number of hydrogen-bond acceptors (Lipinski definition) is 4. The zero-order valence-electron chi connectivity index (χ0n) is 11.7. The zero-order chi connectivity index (χ0) is 15.2. The van der Waals surface area contributed by atoms with Gasteiger partial charge in [0, 0.05) is 0 Å². The predicted octanol–water partition coefficient (Wildman–Crippen LogP) is 3.27. The minimum Gasteiger partial charge on any atom is -0.483 e. The van der Waals surface area contributed by atoms with E-state index < -0.39 is 0 Å². The molecule has 0 fully saturated rings. The molecule has 0 atom stereocenters. The molecule has 0 aliphatic heterocycles. The highest BCUT2D eigenvalue weighted by molar-refractivity contribution is 9.10. The molecular weight excluding hydrogens is 336 g/mol. The molecule has 2 aromatic rings. The summed E-state index contributed by atoms with van der Waals surface area (Å²) in [7, 11) is 0. The number of nitrogens with one attached hydrogen (secondary N) is 1. The van der Waals surface area contributed by atoms with Gasteiger partial charge in [0.05, 0.1) is 10.7 Å². The van der Waals surface area contributed by atoms with Crippen molar-refractivity contribution in [3.05, 3.63) is 52.4 Å². The molecule has 1 aromatic carbocycles. The van der Waals surface area contributed by atoms with Crippen molar-refractivity contribution in [3.63, 3.8) is 0 Å². The molecule has 1 heterocycles. The molecule has 0 bridgehead atoms. The molecule has 110 valence electrons. The normalized spacial score (nSPS) is 11.3. The van der Waals surface area contributed by atoms with Crippen LogP contribution >= 0.6 is 15.9 Å². The van der Waals surface area contributed by atoms with E-state index in [0.717, 1.165) is 10.0 Å². The highest BCUT2D eigenvalue weighted by atomic mass is 79.9. The van der Waals surface area contributed by atoms with E-state index in [1.54, 1.807) is 25.3 Å². The first kappa shape index (κ1) is 15.3. The molecular formula is C15H15BrN2O3. The van der Waals surface area contributed by atoms with Gasteiger partial charge in [-0.05, 0) is 59.6 Å². The van der Waals surface area contributed by atoms with Crippen LogP contribution in [0.5, 0.6) is 5.75 Å². The molecule has 2 rings (SSSR count). The number of furan rings is 1. The van der Waals surface area contributed by atoms with Crippen molar-refractivity contribution in [1.82, 2.24) is 5.43 Å². The lowest BCUT2D eigenvalue weighted by Gasteiger charge is -2.07. The maximum absolute atomic E-state index is 11.7. The second-order valence-electron chi connectivity index (χ2n) is 4.43. The van der Waals surface area contributed by atoms with E-state index in [0.29, 0.717) is 17.2 Å². The maximum Gasteiger partial charge on any atom is 0.277 e. The number of carbonyl (C=O) groups excluding carboxylic acids is 1. The van der Waals surface area contributed by atoms with Crippen molar-refractivity contribution in [2.24, 2.45) is 5.10 Å². The summed E-state index contributed by atoms with van der Waals surface area (Å²) in [6.07, 6.45) is 1.55.